The summed E-state index contributed by atoms with van der Waals surface area (Å²) in [5.41, 5.74) is 2.11. The molecule has 3 rings (SSSR count). The zero-order chi connectivity index (χ0) is 19.4. The fraction of sp³-hybridized carbons (Fsp3) is 0.150. The highest BCUT2D eigenvalue weighted by Gasteiger charge is 2.27. The van der Waals surface area contributed by atoms with E-state index in [4.69, 9.17) is 4.74 Å². The molecule has 0 aliphatic carbocycles. The van der Waals surface area contributed by atoms with E-state index in [0.717, 1.165) is 11.1 Å². The van der Waals surface area contributed by atoms with Gasteiger partial charge in [0.15, 0.2) is 0 Å². The van der Waals surface area contributed by atoms with E-state index in [9.17, 15) is 13.2 Å². The number of nitrogens with zero attached hydrogens (tertiary/aromatic N) is 1. The highest BCUT2D eigenvalue weighted by Crippen LogP contribution is 2.28. The van der Waals surface area contributed by atoms with E-state index in [1.165, 1.54) is 23.2 Å². The van der Waals surface area contributed by atoms with Gasteiger partial charge >= 0.3 is 5.97 Å². The molecule has 0 radical (unpaired) electrons. The highest BCUT2D eigenvalue weighted by molar-refractivity contribution is 7.90. The summed E-state index contributed by atoms with van der Waals surface area (Å²) in [6.07, 6.45) is 1.57. The first-order valence-electron chi connectivity index (χ1n) is 8.33. The molecule has 0 aliphatic rings. The molecule has 0 atom stereocenters. The summed E-state index contributed by atoms with van der Waals surface area (Å²) in [6, 6.07) is 17.1. The topological polar surface area (TPSA) is 77.4 Å². The van der Waals surface area contributed by atoms with Crippen LogP contribution in [0.15, 0.2) is 71.8 Å². The summed E-state index contributed by atoms with van der Waals surface area (Å²) in [5.74, 6) is -0.696. The number of hydrogen-bond donors (Lipinski definition) is 1. The maximum atomic E-state index is 13.4. The first kappa shape index (κ1) is 21.7. The van der Waals surface area contributed by atoms with Crippen LogP contribution in [0.2, 0.25) is 0 Å². The number of methoxy groups -OCH3 is 1. The molecule has 3 aromatic rings. The van der Waals surface area contributed by atoms with Crippen molar-refractivity contribution >= 4 is 28.4 Å². The molecule has 1 aromatic heterocycles. The average Bonchev–Trinajstić information content (AvgIpc) is 3.13. The molecule has 0 aliphatic heterocycles. The van der Waals surface area contributed by atoms with E-state index in [0.29, 0.717) is 12.2 Å². The van der Waals surface area contributed by atoms with E-state index in [1.807, 2.05) is 36.4 Å². The summed E-state index contributed by atoms with van der Waals surface area (Å²) >= 11 is 0. The summed E-state index contributed by atoms with van der Waals surface area (Å²) < 4.78 is 32.8. The molecule has 2 aromatic carbocycles. The Morgan fingerprint density at radius 1 is 1.07 bits per heavy atom. The van der Waals surface area contributed by atoms with Crippen molar-refractivity contribution in [2.45, 2.75) is 11.4 Å². The van der Waals surface area contributed by atoms with Crippen LogP contribution in [0.1, 0.15) is 15.9 Å². The van der Waals surface area contributed by atoms with Gasteiger partial charge in [0.05, 0.1) is 18.4 Å². The van der Waals surface area contributed by atoms with Gasteiger partial charge in [-0.1, -0.05) is 42.5 Å². The number of carbonyl (C=O) groups excluding carboxylic acids is 1. The molecule has 148 valence electrons. The number of halogens is 1. The van der Waals surface area contributed by atoms with Crippen LogP contribution in [-0.2, 0) is 21.3 Å². The minimum absolute atomic E-state index is 0. The third-order valence-corrected chi connectivity index (χ3v) is 5.85. The zero-order valence-electron chi connectivity index (χ0n) is 15.5. The van der Waals surface area contributed by atoms with Crippen molar-refractivity contribution in [1.29, 1.82) is 0 Å². The number of hydrogen-bond acceptors (Lipinski definition) is 5. The molecule has 0 fully saturated rings. The number of ether oxygens (including phenoxy) is 1. The van der Waals surface area contributed by atoms with Gasteiger partial charge in [0.1, 0.15) is 4.90 Å². The summed E-state index contributed by atoms with van der Waals surface area (Å²) in [6.45, 7) is 0.515. The van der Waals surface area contributed by atoms with Gasteiger partial charge in [-0.25, -0.2) is 17.2 Å². The van der Waals surface area contributed by atoms with E-state index in [2.05, 4.69) is 5.32 Å². The minimum Gasteiger partial charge on any atom is -0.465 e. The zero-order valence-corrected chi connectivity index (χ0v) is 17.1. The quantitative estimate of drug-likeness (QED) is 0.619. The normalized spacial score (nSPS) is 10.9. The summed E-state index contributed by atoms with van der Waals surface area (Å²) in [5, 5.41) is 3.02. The smallest absolute Gasteiger partial charge is 0.339 e. The molecule has 1 N–H and O–H groups in total. The van der Waals surface area contributed by atoms with Gasteiger partial charge in [-0.05, 0) is 36.4 Å². The van der Waals surface area contributed by atoms with Crippen molar-refractivity contribution < 1.29 is 17.9 Å². The fourth-order valence-corrected chi connectivity index (χ4v) is 4.47. The second-order valence-electron chi connectivity index (χ2n) is 5.92. The van der Waals surface area contributed by atoms with Crippen LogP contribution < -0.4 is 5.32 Å². The van der Waals surface area contributed by atoms with Crippen LogP contribution in [0, 0.1) is 0 Å². The van der Waals surface area contributed by atoms with Crippen LogP contribution in [-0.4, -0.2) is 32.5 Å². The third-order valence-electron chi connectivity index (χ3n) is 4.12. The molecule has 28 heavy (non-hydrogen) atoms. The van der Waals surface area contributed by atoms with Gasteiger partial charge < -0.3 is 10.1 Å². The molecule has 0 saturated heterocycles. The van der Waals surface area contributed by atoms with Crippen molar-refractivity contribution in [3.05, 3.63) is 78.0 Å². The van der Waals surface area contributed by atoms with Crippen LogP contribution in [0.25, 0.3) is 11.3 Å². The largest absolute Gasteiger partial charge is 0.465 e. The van der Waals surface area contributed by atoms with Gasteiger partial charge in [0.2, 0.25) is 0 Å². The van der Waals surface area contributed by atoms with Gasteiger partial charge in [0.25, 0.3) is 10.0 Å². The Balaban J connectivity index is 0.00000280. The molecule has 0 saturated carbocycles. The summed E-state index contributed by atoms with van der Waals surface area (Å²) in [4.78, 5) is 12.0. The maximum Gasteiger partial charge on any atom is 0.339 e. The average molecular weight is 421 g/mol. The van der Waals surface area contributed by atoms with Crippen molar-refractivity contribution in [1.82, 2.24) is 9.29 Å². The van der Waals surface area contributed by atoms with Gasteiger partial charge in [-0.15, -0.1) is 12.4 Å². The number of carbonyl (C=O) groups is 1. The number of rotatable bonds is 6. The van der Waals surface area contributed by atoms with Crippen LogP contribution >= 0.6 is 12.4 Å². The molecule has 0 unspecified atom stereocenters. The Hall–Kier alpha value is -2.61. The summed E-state index contributed by atoms with van der Waals surface area (Å²) in [7, 11) is -0.997. The predicted molar refractivity (Wildman–Crippen MR) is 110 cm³/mol. The monoisotopic (exact) mass is 420 g/mol. The molecule has 0 bridgehead atoms. The lowest BCUT2D eigenvalue weighted by molar-refractivity contribution is 0.0596. The minimum atomic E-state index is -4.01. The molecule has 8 heteroatoms. The van der Waals surface area contributed by atoms with Crippen molar-refractivity contribution in [3.8, 4) is 11.3 Å². The number of aromatic nitrogens is 1. The van der Waals surface area contributed by atoms with Crippen LogP contribution in [0.5, 0.6) is 0 Å². The maximum absolute atomic E-state index is 13.4. The Morgan fingerprint density at radius 2 is 1.71 bits per heavy atom. The molecular weight excluding hydrogens is 400 g/mol. The van der Waals surface area contributed by atoms with Crippen molar-refractivity contribution in [2.75, 3.05) is 14.2 Å². The second kappa shape index (κ2) is 9.05. The predicted octanol–water partition coefficient (Wildman–Crippen LogP) is 3.32. The number of nitrogens with one attached hydrogen (secondary N) is 1. The third kappa shape index (κ3) is 4.11. The molecule has 0 spiro atoms. The standard InChI is InChI=1S/C20H20N2O4S.ClH/c1-21-13-15-12-18(16-8-4-3-5-9-16)22(14-15)27(24,25)19-11-7-6-10-17(19)20(23)26-2;/h3-12,14,21H,13H2,1-2H3;1H. The van der Waals surface area contributed by atoms with E-state index >= 15 is 0 Å². The number of esters is 1. The van der Waals surface area contributed by atoms with Gasteiger partial charge in [-0.3, -0.25) is 0 Å². The van der Waals surface area contributed by atoms with Crippen LogP contribution in [0.4, 0.5) is 0 Å². The Kier molecular flexibility index (Phi) is 7.01. The Morgan fingerprint density at radius 3 is 2.36 bits per heavy atom. The highest BCUT2D eigenvalue weighted by atomic mass is 35.5. The first-order chi connectivity index (χ1) is 13.0. The Bertz CT molecular complexity index is 1060. The molecular formula is C20H21ClN2O4S. The SMILES string of the molecule is CNCc1cc(-c2ccccc2)n(S(=O)(=O)c2ccccc2C(=O)OC)c1.Cl. The lowest BCUT2D eigenvalue weighted by Gasteiger charge is -2.13. The lowest BCUT2D eigenvalue weighted by atomic mass is 10.1. The van der Waals surface area contributed by atoms with Crippen molar-refractivity contribution in [3.63, 3.8) is 0 Å². The Labute approximate surface area is 170 Å². The van der Waals surface area contributed by atoms with E-state index < -0.39 is 16.0 Å². The lowest BCUT2D eigenvalue weighted by Crippen LogP contribution is -2.17. The molecule has 1 heterocycles. The molecule has 6 nitrogen and oxygen atoms in total. The van der Waals surface area contributed by atoms with Crippen molar-refractivity contribution in [2.24, 2.45) is 0 Å². The molecule has 0 amide bonds. The van der Waals surface area contributed by atoms with Crippen LogP contribution in [0.3, 0.4) is 0 Å². The van der Waals surface area contributed by atoms with E-state index in [-0.39, 0.29) is 22.9 Å². The second-order valence-corrected chi connectivity index (χ2v) is 7.70. The van der Waals surface area contributed by atoms with Gasteiger partial charge in [-0.2, -0.15) is 0 Å². The fourth-order valence-electron chi connectivity index (χ4n) is 2.89. The number of benzene rings is 2. The van der Waals surface area contributed by atoms with E-state index in [1.54, 1.807) is 25.4 Å². The first-order valence-corrected chi connectivity index (χ1v) is 9.77. The van der Waals surface area contributed by atoms with Gasteiger partial charge in [0, 0.05) is 12.7 Å².